The number of aromatic carboxylic acids is 1. The van der Waals surface area contributed by atoms with Gasteiger partial charge in [-0.05, 0) is 24.3 Å². The van der Waals surface area contributed by atoms with E-state index in [9.17, 15) is 14.7 Å². The van der Waals surface area contributed by atoms with Crippen LogP contribution in [-0.4, -0.2) is 31.0 Å². The third-order valence-electron chi connectivity index (χ3n) is 4.21. The maximum Gasteiger partial charge on any atom is 0.438 e. The van der Waals surface area contributed by atoms with E-state index in [1.54, 1.807) is 48.5 Å². The van der Waals surface area contributed by atoms with E-state index in [-0.39, 0.29) is 17.9 Å². The second kappa shape index (κ2) is 7.57. The molecule has 2 aromatic carbocycles. The Morgan fingerprint density at radius 1 is 1.14 bits per heavy atom. The number of aromatic amines is 1. The number of carbonyl (C=O) groups is 1. The number of carboxylic acid groups (broad SMARTS) is 1. The molecule has 29 heavy (non-hydrogen) atoms. The van der Waals surface area contributed by atoms with Crippen LogP contribution >= 0.6 is 23.2 Å². The van der Waals surface area contributed by atoms with Crippen LogP contribution in [-0.2, 0) is 6.42 Å². The second-order valence-corrected chi connectivity index (χ2v) is 6.91. The maximum absolute atomic E-state index is 11.9. The van der Waals surface area contributed by atoms with Gasteiger partial charge in [-0.15, -0.1) is 0 Å². The Labute approximate surface area is 173 Å². The first-order valence-electron chi connectivity index (χ1n) is 8.35. The third-order valence-corrected chi connectivity index (χ3v) is 4.79. The number of hydrogen-bond acceptors (Lipinski definition) is 5. The average Bonchev–Trinajstić information content (AvgIpc) is 3.27. The average molecular weight is 431 g/mol. The number of aromatic nitrogens is 4. The fourth-order valence-corrected chi connectivity index (χ4v) is 3.34. The van der Waals surface area contributed by atoms with E-state index in [1.165, 1.54) is 4.68 Å². The molecule has 0 fully saturated rings. The van der Waals surface area contributed by atoms with Crippen molar-refractivity contribution in [2.24, 2.45) is 0 Å². The third kappa shape index (κ3) is 3.67. The Kier molecular flexibility index (Phi) is 4.96. The smallest absolute Gasteiger partial charge is 0.438 e. The Bertz CT molecular complexity index is 1260. The van der Waals surface area contributed by atoms with Gasteiger partial charge in [0, 0.05) is 22.6 Å². The molecule has 8 nitrogen and oxygen atoms in total. The van der Waals surface area contributed by atoms with E-state index in [2.05, 4.69) is 19.8 Å². The molecule has 0 radical (unpaired) electrons. The number of hydrogen-bond donors (Lipinski definition) is 2. The van der Waals surface area contributed by atoms with Crippen LogP contribution in [0.25, 0.3) is 16.9 Å². The SMILES string of the molecule is O=C(O)c1nn(-c2ccccc2Cl)c(-c2ccc(Cl)cc2)c1Cc1noc(=O)[nH]1. The number of carboxylic acids is 1. The first kappa shape index (κ1) is 19.0. The summed E-state index contributed by atoms with van der Waals surface area (Å²) in [5.74, 6) is -1.79. The lowest BCUT2D eigenvalue weighted by Gasteiger charge is -2.11. The molecule has 2 N–H and O–H groups in total. The quantitative estimate of drug-likeness (QED) is 0.497. The van der Waals surface area contributed by atoms with Crippen molar-refractivity contribution >= 4 is 29.2 Å². The number of nitrogens with one attached hydrogen (secondary N) is 1. The standard InChI is InChI=1S/C19H12Cl2N4O4/c20-11-7-5-10(6-8-11)17-12(9-15-22-19(28)29-24-15)16(18(26)27)23-25(17)14-4-2-1-3-13(14)21/h1-8H,9H2,(H,26,27)(H,22,24,28). The molecule has 0 aliphatic carbocycles. The van der Waals surface area contributed by atoms with E-state index in [0.717, 1.165) is 0 Å². The molecule has 0 spiro atoms. The molecule has 0 saturated heterocycles. The molecule has 0 atom stereocenters. The molecule has 0 unspecified atom stereocenters. The van der Waals surface area contributed by atoms with E-state index >= 15 is 0 Å². The molecule has 0 aliphatic heterocycles. The van der Waals surface area contributed by atoms with Gasteiger partial charge >= 0.3 is 11.7 Å². The molecule has 146 valence electrons. The first-order valence-corrected chi connectivity index (χ1v) is 9.10. The van der Waals surface area contributed by atoms with Crippen LogP contribution < -0.4 is 5.76 Å². The van der Waals surface area contributed by atoms with Crippen molar-refractivity contribution in [3.63, 3.8) is 0 Å². The zero-order valence-electron chi connectivity index (χ0n) is 14.6. The van der Waals surface area contributed by atoms with Crippen molar-refractivity contribution in [2.45, 2.75) is 6.42 Å². The highest BCUT2D eigenvalue weighted by Crippen LogP contribution is 2.33. The zero-order chi connectivity index (χ0) is 20.5. The van der Waals surface area contributed by atoms with Gasteiger partial charge in [-0.25, -0.2) is 14.3 Å². The lowest BCUT2D eigenvalue weighted by molar-refractivity contribution is 0.0689. The summed E-state index contributed by atoms with van der Waals surface area (Å²) in [5.41, 5.74) is 1.79. The van der Waals surface area contributed by atoms with Crippen LogP contribution in [0.3, 0.4) is 0 Å². The van der Waals surface area contributed by atoms with Crippen LogP contribution in [0.5, 0.6) is 0 Å². The molecular formula is C19H12Cl2N4O4. The van der Waals surface area contributed by atoms with Crippen LogP contribution in [0.2, 0.25) is 10.0 Å². The summed E-state index contributed by atoms with van der Waals surface area (Å²) in [6.07, 6.45) is -0.0181. The molecule has 10 heteroatoms. The summed E-state index contributed by atoms with van der Waals surface area (Å²) in [7, 11) is 0. The Hall–Kier alpha value is -3.36. The van der Waals surface area contributed by atoms with Gasteiger partial charge in [0.25, 0.3) is 0 Å². The highest BCUT2D eigenvalue weighted by atomic mass is 35.5. The van der Waals surface area contributed by atoms with Gasteiger partial charge in [0.1, 0.15) is 0 Å². The molecule has 4 aromatic rings. The molecule has 0 aliphatic rings. The number of halogens is 2. The number of nitrogens with zero attached hydrogens (tertiary/aromatic N) is 3. The summed E-state index contributed by atoms with van der Waals surface area (Å²) in [6.45, 7) is 0. The topological polar surface area (TPSA) is 114 Å². The van der Waals surface area contributed by atoms with Gasteiger partial charge in [0.2, 0.25) is 0 Å². The summed E-state index contributed by atoms with van der Waals surface area (Å²) in [5, 5.41) is 18.6. The van der Waals surface area contributed by atoms with Crippen molar-refractivity contribution in [1.82, 2.24) is 19.9 Å². The van der Waals surface area contributed by atoms with Gasteiger partial charge in [-0.1, -0.05) is 52.6 Å². The molecule has 2 aromatic heterocycles. The van der Waals surface area contributed by atoms with Gasteiger partial charge in [-0.2, -0.15) is 5.10 Å². The minimum absolute atomic E-state index is 0.0181. The van der Waals surface area contributed by atoms with Gasteiger partial charge in [-0.3, -0.25) is 9.51 Å². The van der Waals surface area contributed by atoms with Crippen molar-refractivity contribution in [2.75, 3.05) is 0 Å². The Balaban J connectivity index is 2.01. The van der Waals surface area contributed by atoms with E-state index < -0.39 is 11.7 Å². The normalized spacial score (nSPS) is 11.0. The highest BCUT2D eigenvalue weighted by Gasteiger charge is 2.26. The van der Waals surface area contributed by atoms with E-state index in [0.29, 0.717) is 32.6 Å². The predicted octanol–water partition coefficient (Wildman–Crippen LogP) is 3.81. The first-order chi connectivity index (χ1) is 13.9. The van der Waals surface area contributed by atoms with Crippen LogP contribution in [0.15, 0.2) is 57.8 Å². The number of para-hydroxylation sites is 1. The maximum atomic E-state index is 11.9. The Morgan fingerprint density at radius 3 is 2.48 bits per heavy atom. The summed E-state index contributed by atoms with van der Waals surface area (Å²) >= 11 is 12.4. The lowest BCUT2D eigenvalue weighted by Crippen LogP contribution is -2.04. The van der Waals surface area contributed by atoms with E-state index in [4.69, 9.17) is 23.2 Å². The minimum Gasteiger partial charge on any atom is -0.476 e. The van der Waals surface area contributed by atoms with E-state index in [1.807, 2.05) is 0 Å². The van der Waals surface area contributed by atoms with Crippen LogP contribution in [0, 0.1) is 0 Å². The number of H-pyrrole nitrogens is 1. The predicted molar refractivity (Wildman–Crippen MR) is 106 cm³/mol. The highest BCUT2D eigenvalue weighted by molar-refractivity contribution is 6.32. The van der Waals surface area contributed by atoms with Crippen molar-refractivity contribution in [1.29, 1.82) is 0 Å². The summed E-state index contributed by atoms with van der Waals surface area (Å²) in [6, 6.07) is 13.8. The Morgan fingerprint density at radius 2 is 1.86 bits per heavy atom. The summed E-state index contributed by atoms with van der Waals surface area (Å²) in [4.78, 5) is 25.7. The number of benzene rings is 2. The van der Waals surface area contributed by atoms with Gasteiger partial charge in [0.05, 0.1) is 16.4 Å². The van der Waals surface area contributed by atoms with Gasteiger partial charge in [0.15, 0.2) is 11.5 Å². The molecule has 0 bridgehead atoms. The largest absolute Gasteiger partial charge is 0.476 e. The van der Waals surface area contributed by atoms with Crippen LogP contribution in [0.4, 0.5) is 0 Å². The van der Waals surface area contributed by atoms with Crippen molar-refractivity contribution in [3.8, 4) is 16.9 Å². The monoisotopic (exact) mass is 430 g/mol. The molecule has 2 heterocycles. The lowest BCUT2D eigenvalue weighted by atomic mass is 10.0. The van der Waals surface area contributed by atoms with Crippen molar-refractivity contribution in [3.05, 3.63) is 86.2 Å². The van der Waals surface area contributed by atoms with Crippen molar-refractivity contribution < 1.29 is 14.4 Å². The molecule has 4 rings (SSSR count). The fraction of sp³-hybridized carbons (Fsp3) is 0.0526. The molecule has 0 amide bonds. The van der Waals surface area contributed by atoms with Crippen LogP contribution in [0.1, 0.15) is 21.9 Å². The summed E-state index contributed by atoms with van der Waals surface area (Å²) < 4.78 is 6.00. The second-order valence-electron chi connectivity index (χ2n) is 6.07. The number of rotatable bonds is 5. The molecular weight excluding hydrogens is 419 g/mol. The van der Waals surface area contributed by atoms with Gasteiger partial charge < -0.3 is 5.11 Å². The molecule has 0 saturated carbocycles. The minimum atomic E-state index is -1.23. The zero-order valence-corrected chi connectivity index (χ0v) is 16.1. The fourth-order valence-electron chi connectivity index (χ4n) is 3.00.